The normalized spacial score (nSPS) is 10.3. The average Bonchev–Trinajstić information content (AvgIpc) is 3.09. The summed E-state index contributed by atoms with van der Waals surface area (Å²) in [6.45, 7) is 1.30. The largest absolute Gasteiger partial charge is 0.462 e. The summed E-state index contributed by atoms with van der Waals surface area (Å²) in [6.07, 6.45) is 1.45. The molecule has 3 rings (SSSR count). The van der Waals surface area contributed by atoms with Crippen molar-refractivity contribution in [2.24, 2.45) is 0 Å². The molecule has 0 atom stereocenters. The third-order valence-corrected chi connectivity index (χ3v) is 5.18. The fourth-order valence-corrected chi connectivity index (χ4v) is 3.99. The fraction of sp³-hybridized carbons (Fsp3) is 0.143. The van der Waals surface area contributed by atoms with Gasteiger partial charge < -0.3 is 14.8 Å². The molecule has 0 aliphatic rings. The second kappa shape index (κ2) is 10.00. The van der Waals surface area contributed by atoms with E-state index in [2.05, 4.69) is 10.3 Å². The van der Waals surface area contributed by atoms with E-state index in [0.29, 0.717) is 15.5 Å². The Labute approximate surface area is 181 Å². The number of pyridine rings is 1. The molecule has 2 aromatic heterocycles. The molecular formula is C21H17ClN2O5S. The maximum Gasteiger partial charge on any atom is 0.357 e. The number of amides is 1. The molecule has 1 aromatic carbocycles. The lowest BCUT2D eigenvalue weighted by Crippen LogP contribution is -2.22. The van der Waals surface area contributed by atoms with Crippen LogP contribution in [0.4, 0.5) is 5.00 Å². The number of benzene rings is 1. The Kier molecular flexibility index (Phi) is 7.16. The summed E-state index contributed by atoms with van der Waals surface area (Å²) in [5.41, 5.74) is 1.43. The molecule has 0 spiro atoms. The van der Waals surface area contributed by atoms with E-state index in [1.54, 1.807) is 31.2 Å². The van der Waals surface area contributed by atoms with Crippen LogP contribution in [0.2, 0.25) is 4.34 Å². The van der Waals surface area contributed by atoms with Crippen LogP contribution in [0.25, 0.3) is 11.1 Å². The quantitative estimate of drug-likeness (QED) is 0.541. The smallest absolute Gasteiger partial charge is 0.357 e. The Morgan fingerprint density at radius 2 is 1.77 bits per heavy atom. The topological polar surface area (TPSA) is 94.6 Å². The number of carbonyl (C=O) groups is 3. The van der Waals surface area contributed by atoms with E-state index in [9.17, 15) is 14.4 Å². The van der Waals surface area contributed by atoms with E-state index in [-0.39, 0.29) is 22.9 Å². The standard InChI is InChI=1S/C21H17ClN2O5S/c1-2-28-21(27)17-16(13-8-4-3-5-9-13)18(22)30-19(17)24-15(25)12-29-20(26)14-10-6-7-11-23-14/h3-11H,2,12H2,1H3,(H,24,25). The van der Waals surface area contributed by atoms with Gasteiger partial charge in [-0.15, -0.1) is 11.3 Å². The Morgan fingerprint density at radius 3 is 2.43 bits per heavy atom. The van der Waals surface area contributed by atoms with Crippen LogP contribution in [0.5, 0.6) is 0 Å². The predicted molar refractivity (Wildman–Crippen MR) is 114 cm³/mol. The minimum atomic E-state index is -0.731. The molecule has 1 amide bonds. The van der Waals surface area contributed by atoms with Gasteiger partial charge in [0.1, 0.15) is 20.6 Å². The lowest BCUT2D eigenvalue weighted by Gasteiger charge is -2.09. The minimum Gasteiger partial charge on any atom is -0.462 e. The Balaban J connectivity index is 1.80. The maximum atomic E-state index is 12.6. The van der Waals surface area contributed by atoms with Crippen molar-refractivity contribution in [3.63, 3.8) is 0 Å². The average molecular weight is 445 g/mol. The number of hydrogen-bond donors (Lipinski definition) is 1. The first kappa shape index (κ1) is 21.5. The Morgan fingerprint density at radius 1 is 1.03 bits per heavy atom. The number of rotatable bonds is 7. The highest BCUT2D eigenvalue weighted by molar-refractivity contribution is 7.21. The zero-order chi connectivity index (χ0) is 21.5. The van der Waals surface area contributed by atoms with Gasteiger partial charge in [0.2, 0.25) is 0 Å². The number of hydrogen-bond acceptors (Lipinski definition) is 7. The number of anilines is 1. The van der Waals surface area contributed by atoms with Crippen LogP contribution in [-0.4, -0.2) is 36.0 Å². The van der Waals surface area contributed by atoms with E-state index in [0.717, 1.165) is 11.3 Å². The lowest BCUT2D eigenvalue weighted by atomic mass is 10.0. The van der Waals surface area contributed by atoms with E-state index in [1.807, 2.05) is 18.2 Å². The number of thiophene rings is 1. The van der Waals surface area contributed by atoms with Crippen LogP contribution in [0.15, 0.2) is 54.7 Å². The highest BCUT2D eigenvalue weighted by Gasteiger charge is 2.26. The summed E-state index contributed by atoms with van der Waals surface area (Å²) < 4.78 is 10.4. The van der Waals surface area contributed by atoms with Crippen LogP contribution in [0.3, 0.4) is 0 Å². The summed E-state index contributed by atoms with van der Waals surface area (Å²) in [6, 6.07) is 13.8. The Bertz CT molecular complexity index is 1050. The van der Waals surface area contributed by atoms with Gasteiger partial charge in [-0.3, -0.25) is 4.79 Å². The summed E-state index contributed by atoms with van der Waals surface area (Å²) in [5, 5.41) is 2.80. The molecule has 9 heteroatoms. The molecule has 0 fully saturated rings. The van der Waals surface area contributed by atoms with Gasteiger partial charge in [-0.25, -0.2) is 14.6 Å². The predicted octanol–water partition coefficient (Wildman–Crippen LogP) is 4.44. The molecule has 0 aliphatic heterocycles. The highest BCUT2D eigenvalue weighted by Crippen LogP contribution is 2.43. The molecule has 0 radical (unpaired) electrons. The van der Waals surface area contributed by atoms with Crippen molar-refractivity contribution < 1.29 is 23.9 Å². The van der Waals surface area contributed by atoms with Crippen molar-refractivity contribution in [1.29, 1.82) is 0 Å². The van der Waals surface area contributed by atoms with E-state index < -0.39 is 24.5 Å². The molecule has 0 aliphatic carbocycles. The fourth-order valence-electron chi connectivity index (χ4n) is 2.60. The summed E-state index contributed by atoms with van der Waals surface area (Å²) in [4.78, 5) is 40.7. The third-order valence-electron chi connectivity index (χ3n) is 3.87. The first-order chi connectivity index (χ1) is 14.5. The molecule has 1 N–H and O–H groups in total. The van der Waals surface area contributed by atoms with Gasteiger partial charge in [-0.1, -0.05) is 48.0 Å². The van der Waals surface area contributed by atoms with Crippen molar-refractivity contribution in [2.75, 3.05) is 18.5 Å². The van der Waals surface area contributed by atoms with Gasteiger partial charge in [0.05, 0.1) is 6.61 Å². The van der Waals surface area contributed by atoms with E-state index in [4.69, 9.17) is 21.1 Å². The number of nitrogens with zero attached hydrogens (tertiary/aromatic N) is 1. The van der Waals surface area contributed by atoms with Gasteiger partial charge in [-0.05, 0) is 24.6 Å². The van der Waals surface area contributed by atoms with Crippen LogP contribution in [0, 0.1) is 0 Å². The molecule has 0 saturated heterocycles. The lowest BCUT2D eigenvalue weighted by molar-refractivity contribution is -0.119. The summed E-state index contributed by atoms with van der Waals surface area (Å²) >= 11 is 7.41. The maximum absolute atomic E-state index is 12.6. The van der Waals surface area contributed by atoms with Gasteiger partial charge >= 0.3 is 11.9 Å². The van der Waals surface area contributed by atoms with Crippen LogP contribution in [0.1, 0.15) is 27.8 Å². The number of halogens is 1. The second-order valence-corrected chi connectivity index (χ2v) is 7.50. The second-order valence-electron chi connectivity index (χ2n) is 5.88. The number of ether oxygens (including phenoxy) is 2. The van der Waals surface area contributed by atoms with Crippen molar-refractivity contribution in [1.82, 2.24) is 4.98 Å². The zero-order valence-corrected chi connectivity index (χ0v) is 17.5. The van der Waals surface area contributed by atoms with Gasteiger partial charge in [-0.2, -0.15) is 0 Å². The monoisotopic (exact) mass is 444 g/mol. The van der Waals surface area contributed by atoms with Crippen molar-refractivity contribution in [3.8, 4) is 11.1 Å². The van der Waals surface area contributed by atoms with Crippen molar-refractivity contribution in [3.05, 3.63) is 70.3 Å². The third kappa shape index (κ3) is 5.03. The van der Waals surface area contributed by atoms with E-state index >= 15 is 0 Å². The molecule has 7 nitrogen and oxygen atoms in total. The van der Waals surface area contributed by atoms with Crippen LogP contribution < -0.4 is 5.32 Å². The molecule has 0 saturated carbocycles. The molecule has 3 aromatic rings. The van der Waals surface area contributed by atoms with Gasteiger partial charge in [0.15, 0.2) is 6.61 Å². The molecule has 154 valence electrons. The number of aromatic nitrogens is 1. The molecule has 30 heavy (non-hydrogen) atoms. The molecule has 0 bridgehead atoms. The minimum absolute atomic E-state index is 0.0862. The van der Waals surface area contributed by atoms with E-state index in [1.165, 1.54) is 12.3 Å². The zero-order valence-electron chi connectivity index (χ0n) is 15.9. The first-order valence-corrected chi connectivity index (χ1v) is 10.1. The van der Waals surface area contributed by atoms with Crippen molar-refractivity contribution >= 4 is 45.8 Å². The highest BCUT2D eigenvalue weighted by atomic mass is 35.5. The van der Waals surface area contributed by atoms with Crippen LogP contribution in [-0.2, 0) is 14.3 Å². The summed E-state index contributed by atoms with van der Waals surface area (Å²) in [5.74, 6) is -1.96. The molecule has 0 unspecified atom stereocenters. The van der Waals surface area contributed by atoms with Gasteiger partial charge in [0, 0.05) is 11.8 Å². The first-order valence-electron chi connectivity index (χ1n) is 8.94. The summed E-state index contributed by atoms with van der Waals surface area (Å²) in [7, 11) is 0. The SMILES string of the molecule is CCOC(=O)c1c(NC(=O)COC(=O)c2ccccn2)sc(Cl)c1-c1ccccc1. The Hall–Kier alpha value is -3.23. The van der Waals surface area contributed by atoms with Gasteiger partial charge in [0.25, 0.3) is 5.91 Å². The number of esters is 2. The number of nitrogens with one attached hydrogen (secondary N) is 1. The van der Waals surface area contributed by atoms with Crippen LogP contribution >= 0.6 is 22.9 Å². The molecule has 2 heterocycles. The number of carbonyl (C=O) groups excluding carboxylic acids is 3. The molecular weight excluding hydrogens is 428 g/mol. The van der Waals surface area contributed by atoms with Crippen molar-refractivity contribution in [2.45, 2.75) is 6.92 Å².